The van der Waals surface area contributed by atoms with Crippen molar-refractivity contribution in [3.05, 3.63) is 53.6 Å². The number of amides is 2. The number of nitrogens with zero attached hydrogens (tertiary/aromatic N) is 2. The molecule has 0 heterocycles. The number of urea groups is 1. The zero-order chi connectivity index (χ0) is 22.7. The molecule has 3 N–H and O–H groups in total. The number of halogens is 1. The van der Waals surface area contributed by atoms with E-state index in [0.717, 1.165) is 12.2 Å². The van der Waals surface area contributed by atoms with Crippen LogP contribution in [-0.4, -0.2) is 67.4 Å². The Morgan fingerprint density at radius 3 is 2.10 bits per heavy atom. The van der Waals surface area contributed by atoms with Crippen LogP contribution >= 0.6 is 11.6 Å². The van der Waals surface area contributed by atoms with Crippen LogP contribution in [0.25, 0.3) is 0 Å². The molecule has 9 nitrogen and oxygen atoms in total. The first-order chi connectivity index (χ1) is 14.1. The highest BCUT2D eigenvalue weighted by molar-refractivity contribution is 6.30. The highest BCUT2D eigenvalue weighted by Gasteiger charge is 2.16. The molecule has 0 atom stereocenters. The van der Waals surface area contributed by atoms with Gasteiger partial charge in [-0.1, -0.05) is 17.7 Å². The van der Waals surface area contributed by atoms with E-state index in [1.807, 2.05) is 49.3 Å². The van der Waals surface area contributed by atoms with Crippen LogP contribution in [0.2, 0.25) is 5.02 Å². The first kappa shape index (κ1) is 24.7. The molecule has 0 aliphatic carbocycles. The van der Waals surface area contributed by atoms with E-state index in [1.54, 1.807) is 30.2 Å². The lowest BCUT2D eigenvalue weighted by atomic mass is 10.2. The molecule has 0 bridgehead atoms. The van der Waals surface area contributed by atoms with Gasteiger partial charge in [0.05, 0.1) is 7.11 Å². The maximum Gasteiger partial charge on any atom is 0.414 e. The normalized spacial score (nSPS) is 9.90. The number of carboxylic acid groups (broad SMARTS) is 2. The number of hydrogen-bond acceptors (Lipinski definition) is 5. The molecule has 0 saturated carbocycles. The fourth-order valence-corrected chi connectivity index (χ4v) is 2.29. The molecule has 0 aliphatic rings. The number of carboxylic acids is 2. The fraction of sp³-hybridized carbons (Fsp3) is 0.250. The van der Waals surface area contributed by atoms with Gasteiger partial charge in [0.2, 0.25) is 0 Å². The molecule has 2 rings (SSSR count). The van der Waals surface area contributed by atoms with Gasteiger partial charge in [0, 0.05) is 35.6 Å². The Kier molecular flexibility index (Phi) is 10.1. The summed E-state index contributed by atoms with van der Waals surface area (Å²) in [7, 11) is 5.54. The highest BCUT2D eigenvalue weighted by atomic mass is 35.5. The van der Waals surface area contributed by atoms with Crippen molar-refractivity contribution in [1.82, 2.24) is 4.90 Å². The van der Waals surface area contributed by atoms with Gasteiger partial charge in [0.1, 0.15) is 5.75 Å². The zero-order valence-corrected chi connectivity index (χ0v) is 17.6. The lowest BCUT2D eigenvalue weighted by Gasteiger charge is -2.25. The summed E-state index contributed by atoms with van der Waals surface area (Å²) in [5.74, 6) is -2.95. The van der Waals surface area contributed by atoms with Crippen LogP contribution < -0.4 is 15.0 Å². The summed E-state index contributed by atoms with van der Waals surface area (Å²) in [6, 6.07) is 14.3. The number of carbonyl (C=O) groups is 3. The van der Waals surface area contributed by atoms with Crippen LogP contribution in [0.3, 0.4) is 0 Å². The molecule has 2 amide bonds. The molecule has 30 heavy (non-hydrogen) atoms. The summed E-state index contributed by atoms with van der Waals surface area (Å²) >= 11 is 5.95. The summed E-state index contributed by atoms with van der Waals surface area (Å²) in [6.07, 6.45) is 0. The first-order valence-corrected chi connectivity index (χ1v) is 9.11. The molecular formula is C20H24ClN3O6. The predicted molar refractivity (Wildman–Crippen MR) is 115 cm³/mol. The number of rotatable bonds is 6. The maximum absolute atomic E-state index is 12.7. The monoisotopic (exact) mass is 437 g/mol. The van der Waals surface area contributed by atoms with E-state index in [-0.39, 0.29) is 6.03 Å². The van der Waals surface area contributed by atoms with Crippen molar-refractivity contribution >= 4 is 40.9 Å². The van der Waals surface area contributed by atoms with Gasteiger partial charge in [-0.3, -0.25) is 4.90 Å². The summed E-state index contributed by atoms with van der Waals surface area (Å²) < 4.78 is 5.19. The van der Waals surface area contributed by atoms with Crippen LogP contribution in [0.15, 0.2) is 48.5 Å². The fourth-order valence-electron chi connectivity index (χ4n) is 2.16. The van der Waals surface area contributed by atoms with Gasteiger partial charge in [-0.2, -0.15) is 0 Å². The largest absolute Gasteiger partial charge is 0.497 e. The number of hydrogen-bond donors (Lipinski definition) is 3. The number of aliphatic carboxylic acids is 2. The predicted octanol–water partition coefficient (Wildman–Crippen LogP) is 3.10. The van der Waals surface area contributed by atoms with E-state index in [0.29, 0.717) is 23.0 Å². The minimum Gasteiger partial charge on any atom is -0.497 e. The second-order valence-corrected chi connectivity index (χ2v) is 6.64. The summed E-state index contributed by atoms with van der Waals surface area (Å²) in [4.78, 5) is 34.7. The number of likely N-dealkylation sites (N-methyl/N-ethyl adjacent to an activating group) is 1. The van der Waals surface area contributed by atoms with Crippen molar-refractivity contribution in [1.29, 1.82) is 0 Å². The third-order valence-electron chi connectivity index (χ3n) is 3.66. The lowest BCUT2D eigenvalue weighted by molar-refractivity contribution is -0.159. The smallest absolute Gasteiger partial charge is 0.414 e. The number of carbonyl (C=O) groups excluding carboxylic acids is 1. The Morgan fingerprint density at radius 1 is 1.00 bits per heavy atom. The van der Waals surface area contributed by atoms with Gasteiger partial charge in [-0.05, 0) is 50.5 Å². The van der Waals surface area contributed by atoms with Crippen LogP contribution in [0.5, 0.6) is 5.75 Å². The Hall–Kier alpha value is -3.30. The molecule has 10 heteroatoms. The first-order valence-electron chi connectivity index (χ1n) is 8.73. The van der Waals surface area contributed by atoms with Crippen molar-refractivity contribution < 1.29 is 29.3 Å². The van der Waals surface area contributed by atoms with E-state index in [9.17, 15) is 4.79 Å². The van der Waals surface area contributed by atoms with Crippen LogP contribution in [0.1, 0.15) is 0 Å². The van der Waals surface area contributed by atoms with Crippen molar-refractivity contribution in [3.63, 3.8) is 0 Å². The van der Waals surface area contributed by atoms with Crippen LogP contribution in [0, 0.1) is 0 Å². The minimum atomic E-state index is -1.82. The van der Waals surface area contributed by atoms with Gasteiger partial charge in [0.15, 0.2) is 0 Å². The number of benzene rings is 2. The van der Waals surface area contributed by atoms with Crippen molar-refractivity contribution in [3.8, 4) is 5.75 Å². The Bertz CT molecular complexity index is 846. The quantitative estimate of drug-likeness (QED) is 0.594. The molecule has 0 radical (unpaired) electrons. The second kappa shape index (κ2) is 12.3. The summed E-state index contributed by atoms with van der Waals surface area (Å²) in [5, 5.41) is 18.3. The number of anilines is 2. The molecule has 0 fully saturated rings. The number of ether oxygens (including phenoxy) is 1. The summed E-state index contributed by atoms with van der Waals surface area (Å²) in [6.45, 7) is 1.30. The van der Waals surface area contributed by atoms with Gasteiger partial charge in [0.25, 0.3) is 0 Å². The standard InChI is InChI=1S/C18H22ClN3O2.C2H2O4/c1-21(2)11-12-22(16-9-7-14(19)8-10-16)18(23)20-15-5-4-6-17(13-15)24-3;3-1(4)2(5)6/h4-10,13H,11-12H2,1-3H3,(H,20,23);(H,3,4)(H,5,6). The SMILES string of the molecule is COc1cccc(NC(=O)N(CCN(C)C)c2ccc(Cl)cc2)c1.O=C(O)C(=O)O. The van der Waals surface area contributed by atoms with Gasteiger partial charge < -0.3 is 25.2 Å². The van der Waals surface area contributed by atoms with Gasteiger partial charge >= 0.3 is 18.0 Å². The molecule has 0 saturated heterocycles. The molecule has 162 valence electrons. The molecule has 0 unspecified atom stereocenters. The minimum absolute atomic E-state index is 0.201. The van der Waals surface area contributed by atoms with Crippen molar-refractivity contribution in [2.75, 3.05) is 44.5 Å². The van der Waals surface area contributed by atoms with E-state index in [1.165, 1.54) is 0 Å². The van der Waals surface area contributed by atoms with Gasteiger partial charge in [-0.25, -0.2) is 14.4 Å². The topological polar surface area (TPSA) is 119 Å². The van der Waals surface area contributed by atoms with E-state index < -0.39 is 11.9 Å². The highest BCUT2D eigenvalue weighted by Crippen LogP contribution is 2.21. The third-order valence-corrected chi connectivity index (χ3v) is 3.91. The van der Waals surface area contributed by atoms with Crippen molar-refractivity contribution in [2.45, 2.75) is 0 Å². The molecular weight excluding hydrogens is 414 g/mol. The van der Waals surface area contributed by atoms with E-state index in [4.69, 9.17) is 36.1 Å². The molecule has 0 aliphatic heterocycles. The lowest BCUT2D eigenvalue weighted by Crippen LogP contribution is -2.39. The molecule has 2 aromatic rings. The van der Waals surface area contributed by atoms with Gasteiger partial charge in [-0.15, -0.1) is 0 Å². The van der Waals surface area contributed by atoms with E-state index >= 15 is 0 Å². The average molecular weight is 438 g/mol. The third kappa shape index (κ3) is 8.80. The maximum atomic E-state index is 12.7. The molecule has 0 aromatic heterocycles. The Morgan fingerprint density at radius 2 is 1.60 bits per heavy atom. The van der Waals surface area contributed by atoms with Crippen molar-refractivity contribution in [2.24, 2.45) is 0 Å². The molecule has 0 spiro atoms. The second-order valence-electron chi connectivity index (χ2n) is 6.20. The number of nitrogens with one attached hydrogen (secondary N) is 1. The van der Waals surface area contributed by atoms with E-state index in [2.05, 4.69) is 5.32 Å². The Balaban J connectivity index is 0.000000656. The molecule has 2 aromatic carbocycles. The summed E-state index contributed by atoms with van der Waals surface area (Å²) in [5.41, 5.74) is 1.48. The number of methoxy groups -OCH3 is 1. The van der Waals surface area contributed by atoms with Crippen LogP contribution in [-0.2, 0) is 9.59 Å². The van der Waals surface area contributed by atoms with Crippen LogP contribution in [0.4, 0.5) is 16.2 Å². The zero-order valence-electron chi connectivity index (χ0n) is 16.8. The Labute approximate surface area is 179 Å². The average Bonchev–Trinajstić information content (AvgIpc) is 2.69.